The van der Waals surface area contributed by atoms with Crippen LogP contribution in [0.5, 0.6) is 0 Å². The third-order valence-corrected chi connectivity index (χ3v) is 4.77. The molecular weight excluding hydrogens is 317 g/mol. The molecule has 1 fully saturated rings. The monoisotopic (exact) mass is 337 g/mol. The number of carbonyl (C=O) groups is 1. The van der Waals surface area contributed by atoms with Gasteiger partial charge in [-0.3, -0.25) is 4.79 Å². The zero-order valence-corrected chi connectivity index (χ0v) is 14.1. The van der Waals surface area contributed by atoms with Crippen LogP contribution in [0.3, 0.4) is 0 Å². The fourth-order valence-corrected chi connectivity index (χ4v) is 3.36. The molecular formula is C20H20FN3O. The predicted molar refractivity (Wildman–Crippen MR) is 97.6 cm³/mol. The summed E-state index contributed by atoms with van der Waals surface area (Å²) in [5.74, 6) is -0.195. The normalized spacial score (nSPS) is 15.0. The van der Waals surface area contributed by atoms with Crippen molar-refractivity contribution in [3.05, 3.63) is 65.6 Å². The number of nitrogens with zero attached hydrogens (tertiary/aromatic N) is 2. The lowest BCUT2D eigenvalue weighted by molar-refractivity contribution is 0.0742. The first-order valence-corrected chi connectivity index (χ1v) is 8.49. The van der Waals surface area contributed by atoms with E-state index in [2.05, 4.69) is 16.0 Å². The van der Waals surface area contributed by atoms with Gasteiger partial charge in [0.2, 0.25) is 0 Å². The van der Waals surface area contributed by atoms with Gasteiger partial charge in [0.25, 0.3) is 5.91 Å². The van der Waals surface area contributed by atoms with Gasteiger partial charge in [-0.1, -0.05) is 11.6 Å². The molecule has 4 nitrogen and oxygen atoms in total. The fraction of sp³-hybridized carbons (Fsp3) is 0.250. The Hall–Kier alpha value is -2.82. The van der Waals surface area contributed by atoms with Crippen LogP contribution in [0.15, 0.2) is 48.5 Å². The van der Waals surface area contributed by atoms with Crippen LogP contribution in [0.2, 0.25) is 0 Å². The minimum Gasteiger partial charge on any atom is -0.368 e. The van der Waals surface area contributed by atoms with Crippen LogP contribution in [0.25, 0.3) is 10.9 Å². The number of fused-ring (bicyclic) bond motifs is 1. The molecule has 0 spiro atoms. The fourth-order valence-electron chi connectivity index (χ4n) is 3.36. The molecule has 0 aliphatic carbocycles. The highest BCUT2D eigenvalue weighted by molar-refractivity contribution is 5.98. The number of anilines is 1. The quantitative estimate of drug-likeness (QED) is 0.776. The number of amides is 1. The summed E-state index contributed by atoms with van der Waals surface area (Å²) in [5, 5.41) is 1.06. The van der Waals surface area contributed by atoms with E-state index in [0.29, 0.717) is 18.8 Å². The first-order valence-electron chi connectivity index (χ1n) is 8.49. The topological polar surface area (TPSA) is 39.3 Å². The van der Waals surface area contributed by atoms with Crippen molar-refractivity contribution in [1.82, 2.24) is 9.88 Å². The van der Waals surface area contributed by atoms with Crippen molar-refractivity contribution in [3.8, 4) is 0 Å². The van der Waals surface area contributed by atoms with Gasteiger partial charge in [-0.15, -0.1) is 0 Å². The summed E-state index contributed by atoms with van der Waals surface area (Å²) in [6, 6.07) is 14.6. The number of aromatic nitrogens is 1. The number of aromatic amines is 1. The van der Waals surface area contributed by atoms with Crippen LogP contribution < -0.4 is 4.90 Å². The van der Waals surface area contributed by atoms with Gasteiger partial charge in [0.15, 0.2) is 0 Å². The molecule has 5 heteroatoms. The van der Waals surface area contributed by atoms with Crippen LogP contribution in [0.1, 0.15) is 16.1 Å². The van der Waals surface area contributed by atoms with Crippen molar-refractivity contribution in [3.63, 3.8) is 0 Å². The van der Waals surface area contributed by atoms with E-state index in [1.54, 1.807) is 12.1 Å². The van der Waals surface area contributed by atoms with E-state index in [-0.39, 0.29) is 11.7 Å². The van der Waals surface area contributed by atoms with Gasteiger partial charge in [0.05, 0.1) is 0 Å². The van der Waals surface area contributed by atoms with Gasteiger partial charge in [-0.2, -0.15) is 0 Å². The summed E-state index contributed by atoms with van der Waals surface area (Å²) in [7, 11) is 0. The molecule has 0 bridgehead atoms. The molecule has 0 atom stereocenters. The number of halogens is 1. The van der Waals surface area contributed by atoms with Gasteiger partial charge in [0, 0.05) is 42.8 Å². The number of nitrogens with one attached hydrogen (secondary N) is 1. The van der Waals surface area contributed by atoms with Crippen molar-refractivity contribution in [2.45, 2.75) is 6.92 Å². The standard InChI is InChI=1S/C20H20FN3O/c1-14-2-7-18-15(12-14)13-19(22-18)20(25)24-10-8-23(9-11-24)17-5-3-16(21)4-6-17/h2-7,12-13,22H,8-11H2,1H3. The third-order valence-electron chi connectivity index (χ3n) is 4.77. The zero-order chi connectivity index (χ0) is 17.4. The van der Waals surface area contributed by atoms with E-state index < -0.39 is 0 Å². The van der Waals surface area contributed by atoms with Crippen molar-refractivity contribution in [2.24, 2.45) is 0 Å². The minimum atomic E-state index is -0.230. The van der Waals surface area contributed by atoms with Crippen molar-refractivity contribution in [1.29, 1.82) is 0 Å². The average molecular weight is 337 g/mol. The van der Waals surface area contributed by atoms with E-state index in [1.807, 2.05) is 30.0 Å². The minimum absolute atomic E-state index is 0.0348. The predicted octanol–water partition coefficient (Wildman–Crippen LogP) is 3.58. The number of aryl methyl sites for hydroxylation is 1. The van der Waals surface area contributed by atoms with Gasteiger partial charge < -0.3 is 14.8 Å². The Kier molecular flexibility index (Phi) is 3.92. The van der Waals surface area contributed by atoms with Crippen LogP contribution >= 0.6 is 0 Å². The van der Waals surface area contributed by atoms with Crippen molar-refractivity contribution >= 4 is 22.5 Å². The van der Waals surface area contributed by atoms with Crippen molar-refractivity contribution in [2.75, 3.05) is 31.1 Å². The van der Waals surface area contributed by atoms with Crippen molar-refractivity contribution < 1.29 is 9.18 Å². The Morgan fingerprint density at radius 1 is 1.00 bits per heavy atom. The lowest BCUT2D eigenvalue weighted by Gasteiger charge is -2.36. The Balaban J connectivity index is 1.46. The molecule has 1 amide bonds. The summed E-state index contributed by atoms with van der Waals surface area (Å²) in [4.78, 5) is 20.0. The molecule has 1 saturated heterocycles. The third kappa shape index (κ3) is 3.09. The number of rotatable bonds is 2. The van der Waals surface area contributed by atoms with E-state index in [0.717, 1.165) is 29.7 Å². The number of H-pyrrole nitrogens is 1. The molecule has 0 unspecified atom stereocenters. The van der Waals surface area contributed by atoms with Crippen LogP contribution in [0, 0.1) is 12.7 Å². The molecule has 0 radical (unpaired) electrons. The second kappa shape index (κ2) is 6.24. The second-order valence-electron chi connectivity index (χ2n) is 6.53. The maximum absolute atomic E-state index is 13.0. The Labute approximate surface area is 145 Å². The lowest BCUT2D eigenvalue weighted by atomic mass is 10.2. The molecule has 25 heavy (non-hydrogen) atoms. The summed E-state index contributed by atoms with van der Waals surface area (Å²) in [5.41, 5.74) is 3.79. The average Bonchev–Trinajstić information content (AvgIpc) is 3.05. The van der Waals surface area contributed by atoms with Gasteiger partial charge in [-0.05, 0) is 49.4 Å². The summed E-state index contributed by atoms with van der Waals surface area (Å²) in [6.07, 6.45) is 0. The molecule has 2 aromatic carbocycles. The molecule has 1 aliphatic rings. The largest absolute Gasteiger partial charge is 0.368 e. The Morgan fingerprint density at radius 2 is 1.72 bits per heavy atom. The first-order chi connectivity index (χ1) is 12.1. The second-order valence-corrected chi connectivity index (χ2v) is 6.53. The molecule has 1 aromatic heterocycles. The summed E-state index contributed by atoms with van der Waals surface area (Å²) < 4.78 is 13.0. The zero-order valence-electron chi connectivity index (χ0n) is 14.1. The molecule has 3 aromatic rings. The maximum Gasteiger partial charge on any atom is 0.270 e. The molecule has 0 saturated carbocycles. The lowest BCUT2D eigenvalue weighted by Crippen LogP contribution is -2.48. The molecule has 1 aliphatic heterocycles. The number of benzene rings is 2. The molecule has 128 valence electrons. The highest BCUT2D eigenvalue weighted by Crippen LogP contribution is 2.20. The van der Waals surface area contributed by atoms with Gasteiger partial charge in [0.1, 0.15) is 11.5 Å². The summed E-state index contributed by atoms with van der Waals surface area (Å²) >= 11 is 0. The number of piperazine rings is 1. The first kappa shape index (κ1) is 15.7. The SMILES string of the molecule is Cc1ccc2[nH]c(C(=O)N3CCN(c4ccc(F)cc4)CC3)cc2c1. The van der Waals surface area contributed by atoms with E-state index in [4.69, 9.17) is 0 Å². The Morgan fingerprint density at radius 3 is 2.44 bits per heavy atom. The van der Waals surface area contributed by atoms with E-state index in [9.17, 15) is 9.18 Å². The smallest absolute Gasteiger partial charge is 0.270 e. The summed E-state index contributed by atoms with van der Waals surface area (Å²) in [6.45, 7) is 4.85. The number of hydrogen-bond donors (Lipinski definition) is 1. The maximum atomic E-state index is 13.0. The molecule has 2 heterocycles. The van der Waals surface area contributed by atoms with E-state index >= 15 is 0 Å². The highest BCUT2D eigenvalue weighted by Gasteiger charge is 2.23. The number of carbonyl (C=O) groups excluding carboxylic acids is 1. The van der Waals surface area contributed by atoms with Gasteiger partial charge in [-0.25, -0.2) is 4.39 Å². The van der Waals surface area contributed by atoms with Gasteiger partial charge >= 0.3 is 0 Å². The molecule has 4 rings (SSSR count). The Bertz CT molecular complexity index is 908. The van der Waals surface area contributed by atoms with Crippen LogP contribution in [-0.2, 0) is 0 Å². The van der Waals surface area contributed by atoms with E-state index in [1.165, 1.54) is 17.7 Å². The highest BCUT2D eigenvalue weighted by atomic mass is 19.1. The molecule has 1 N–H and O–H groups in total. The number of hydrogen-bond acceptors (Lipinski definition) is 2. The van der Waals surface area contributed by atoms with Crippen LogP contribution in [0.4, 0.5) is 10.1 Å². The van der Waals surface area contributed by atoms with Crippen LogP contribution in [-0.4, -0.2) is 42.0 Å².